The van der Waals surface area contributed by atoms with E-state index in [2.05, 4.69) is 5.32 Å². The van der Waals surface area contributed by atoms with Crippen LogP contribution in [0.2, 0.25) is 0 Å². The van der Waals surface area contributed by atoms with Crippen LogP contribution in [-0.4, -0.2) is 18.5 Å². The molecule has 0 aliphatic heterocycles. The Morgan fingerprint density at radius 2 is 1.39 bits per heavy atom. The first-order chi connectivity index (χ1) is 13.7. The van der Waals surface area contributed by atoms with Gasteiger partial charge in [0.05, 0.1) is 23.2 Å². The smallest absolute Gasteiger partial charge is 0.338 e. The van der Waals surface area contributed by atoms with Crippen LogP contribution in [0.4, 0.5) is 0 Å². The summed E-state index contributed by atoms with van der Waals surface area (Å²) in [6.07, 6.45) is 0. The summed E-state index contributed by atoms with van der Waals surface area (Å²) in [5, 5.41) is 11.7. The van der Waals surface area contributed by atoms with Crippen molar-refractivity contribution in [2.45, 2.75) is 6.04 Å². The number of nitrogens with one attached hydrogen (secondary N) is 1. The van der Waals surface area contributed by atoms with Crippen LogP contribution in [0.3, 0.4) is 0 Å². The van der Waals surface area contributed by atoms with Gasteiger partial charge in [0.15, 0.2) is 6.61 Å². The third kappa shape index (κ3) is 4.83. The molecule has 3 aromatic carbocycles. The van der Waals surface area contributed by atoms with Crippen LogP contribution in [0.5, 0.6) is 0 Å². The third-order valence-electron chi connectivity index (χ3n) is 4.16. The van der Waals surface area contributed by atoms with E-state index in [0.29, 0.717) is 5.56 Å². The number of esters is 1. The molecular formula is C23H18N2O3. The van der Waals surface area contributed by atoms with Gasteiger partial charge in [0.1, 0.15) is 0 Å². The lowest BCUT2D eigenvalue weighted by atomic mass is 9.99. The van der Waals surface area contributed by atoms with Gasteiger partial charge in [0.2, 0.25) is 0 Å². The van der Waals surface area contributed by atoms with Gasteiger partial charge in [-0.1, -0.05) is 60.7 Å². The number of hydrogen-bond acceptors (Lipinski definition) is 4. The average Bonchev–Trinajstić information content (AvgIpc) is 2.77. The maximum atomic E-state index is 12.4. The Labute approximate surface area is 163 Å². The quantitative estimate of drug-likeness (QED) is 0.672. The summed E-state index contributed by atoms with van der Waals surface area (Å²) < 4.78 is 5.10. The van der Waals surface area contributed by atoms with Crippen LogP contribution in [-0.2, 0) is 9.53 Å². The number of carbonyl (C=O) groups excluding carboxylic acids is 2. The molecule has 0 aliphatic carbocycles. The SMILES string of the molecule is N#Cc1ccc(C(=O)OCC(=O)NC(c2ccccc2)c2ccccc2)cc1. The Bertz CT molecular complexity index is 938. The predicted molar refractivity (Wildman–Crippen MR) is 104 cm³/mol. The zero-order valence-electron chi connectivity index (χ0n) is 15.0. The van der Waals surface area contributed by atoms with Crippen molar-refractivity contribution < 1.29 is 14.3 Å². The Hall–Kier alpha value is -3.91. The maximum absolute atomic E-state index is 12.4. The van der Waals surface area contributed by atoms with E-state index in [0.717, 1.165) is 11.1 Å². The van der Waals surface area contributed by atoms with Gasteiger partial charge in [-0.3, -0.25) is 4.79 Å². The summed E-state index contributed by atoms with van der Waals surface area (Å²) in [5.41, 5.74) is 2.60. The van der Waals surface area contributed by atoms with E-state index in [1.54, 1.807) is 0 Å². The molecule has 138 valence electrons. The first kappa shape index (κ1) is 18.9. The molecule has 0 saturated carbocycles. The van der Waals surface area contributed by atoms with Crippen molar-refractivity contribution in [3.05, 3.63) is 107 Å². The third-order valence-corrected chi connectivity index (χ3v) is 4.16. The Kier molecular flexibility index (Phi) is 6.17. The standard InChI is InChI=1S/C23H18N2O3/c24-15-17-11-13-20(14-12-17)23(27)28-16-21(26)25-22(18-7-3-1-4-8-18)19-9-5-2-6-10-19/h1-14,22H,16H2,(H,25,26). The minimum Gasteiger partial charge on any atom is -0.452 e. The number of rotatable bonds is 6. The highest BCUT2D eigenvalue weighted by molar-refractivity contribution is 5.91. The summed E-state index contributed by atoms with van der Waals surface area (Å²) in [7, 11) is 0. The number of carbonyl (C=O) groups is 2. The molecule has 0 saturated heterocycles. The Morgan fingerprint density at radius 3 is 1.89 bits per heavy atom. The van der Waals surface area contributed by atoms with Crippen LogP contribution in [0, 0.1) is 11.3 Å². The fraction of sp³-hybridized carbons (Fsp3) is 0.0870. The number of benzene rings is 3. The van der Waals surface area contributed by atoms with Gasteiger partial charge in [0, 0.05) is 0 Å². The van der Waals surface area contributed by atoms with Gasteiger partial charge >= 0.3 is 5.97 Å². The zero-order chi connectivity index (χ0) is 19.8. The van der Waals surface area contributed by atoms with E-state index >= 15 is 0 Å². The van der Waals surface area contributed by atoms with E-state index in [9.17, 15) is 9.59 Å². The molecule has 0 bridgehead atoms. The van der Waals surface area contributed by atoms with Crippen LogP contribution in [0.1, 0.15) is 33.1 Å². The molecule has 1 amide bonds. The molecule has 3 aromatic rings. The normalized spacial score (nSPS) is 10.1. The summed E-state index contributed by atoms with van der Waals surface area (Å²) in [4.78, 5) is 24.5. The molecule has 5 heteroatoms. The predicted octanol–water partition coefficient (Wildman–Crippen LogP) is 3.62. The van der Waals surface area contributed by atoms with E-state index < -0.39 is 18.5 Å². The second-order valence-corrected chi connectivity index (χ2v) is 6.09. The lowest BCUT2D eigenvalue weighted by Gasteiger charge is -2.20. The fourth-order valence-corrected chi connectivity index (χ4v) is 2.75. The molecule has 0 aromatic heterocycles. The zero-order valence-corrected chi connectivity index (χ0v) is 15.0. The highest BCUT2D eigenvalue weighted by Gasteiger charge is 2.18. The number of nitriles is 1. The van der Waals surface area contributed by atoms with Gasteiger partial charge in [-0.25, -0.2) is 4.79 Å². The summed E-state index contributed by atoms with van der Waals surface area (Å²) in [6, 6.07) is 26.8. The van der Waals surface area contributed by atoms with E-state index in [4.69, 9.17) is 10.00 Å². The highest BCUT2D eigenvalue weighted by atomic mass is 16.5. The summed E-state index contributed by atoms with van der Waals surface area (Å²) >= 11 is 0. The first-order valence-corrected chi connectivity index (χ1v) is 8.74. The Balaban J connectivity index is 1.65. The van der Waals surface area contributed by atoms with Crippen molar-refractivity contribution >= 4 is 11.9 Å². The molecule has 0 fully saturated rings. The first-order valence-electron chi connectivity index (χ1n) is 8.74. The minimum atomic E-state index is -0.615. The molecule has 0 aliphatic rings. The minimum absolute atomic E-state index is 0.287. The molecule has 0 spiro atoms. The van der Waals surface area contributed by atoms with E-state index in [-0.39, 0.29) is 11.6 Å². The van der Waals surface area contributed by atoms with Crippen molar-refractivity contribution in [2.24, 2.45) is 0 Å². The maximum Gasteiger partial charge on any atom is 0.338 e. The largest absolute Gasteiger partial charge is 0.452 e. The van der Waals surface area contributed by atoms with Gasteiger partial charge in [-0.2, -0.15) is 5.26 Å². The molecule has 0 atom stereocenters. The second-order valence-electron chi connectivity index (χ2n) is 6.09. The second kappa shape index (κ2) is 9.15. The van der Waals surface area contributed by atoms with E-state index in [1.165, 1.54) is 24.3 Å². The molecule has 0 unspecified atom stereocenters. The fourth-order valence-electron chi connectivity index (χ4n) is 2.75. The van der Waals surface area contributed by atoms with Crippen LogP contribution in [0.25, 0.3) is 0 Å². The van der Waals surface area contributed by atoms with Gasteiger partial charge < -0.3 is 10.1 Å². The van der Waals surface area contributed by atoms with Gasteiger partial charge in [-0.05, 0) is 35.4 Å². The van der Waals surface area contributed by atoms with Gasteiger partial charge in [-0.15, -0.1) is 0 Å². The van der Waals surface area contributed by atoms with Crippen molar-refractivity contribution in [1.29, 1.82) is 5.26 Å². The van der Waals surface area contributed by atoms with Crippen molar-refractivity contribution in [2.75, 3.05) is 6.61 Å². The summed E-state index contributed by atoms with van der Waals surface area (Å²) in [6.45, 7) is -0.394. The van der Waals surface area contributed by atoms with Crippen molar-refractivity contribution in [3.63, 3.8) is 0 Å². The number of ether oxygens (including phenoxy) is 1. The highest BCUT2D eigenvalue weighted by Crippen LogP contribution is 2.21. The lowest BCUT2D eigenvalue weighted by molar-refractivity contribution is -0.124. The molecule has 5 nitrogen and oxygen atoms in total. The van der Waals surface area contributed by atoms with Crippen LogP contribution >= 0.6 is 0 Å². The molecule has 0 heterocycles. The molecule has 3 rings (SSSR count). The van der Waals surface area contributed by atoms with Crippen molar-refractivity contribution in [3.8, 4) is 6.07 Å². The van der Waals surface area contributed by atoms with Gasteiger partial charge in [0.25, 0.3) is 5.91 Å². The van der Waals surface area contributed by atoms with Crippen molar-refractivity contribution in [1.82, 2.24) is 5.32 Å². The van der Waals surface area contributed by atoms with E-state index in [1.807, 2.05) is 66.7 Å². The summed E-state index contributed by atoms with van der Waals surface area (Å²) in [5.74, 6) is -1.02. The lowest BCUT2D eigenvalue weighted by Crippen LogP contribution is -2.33. The monoisotopic (exact) mass is 370 g/mol. The number of amides is 1. The molecular weight excluding hydrogens is 352 g/mol. The molecule has 28 heavy (non-hydrogen) atoms. The number of nitrogens with zero attached hydrogens (tertiary/aromatic N) is 1. The Morgan fingerprint density at radius 1 is 0.857 bits per heavy atom. The average molecular weight is 370 g/mol. The molecule has 1 N–H and O–H groups in total. The topological polar surface area (TPSA) is 79.2 Å². The van der Waals surface area contributed by atoms with Crippen LogP contribution < -0.4 is 5.32 Å². The van der Waals surface area contributed by atoms with Crippen LogP contribution in [0.15, 0.2) is 84.9 Å². The number of hydrogen-bond donors (Lipinski definition) is 1. The molecule has 0 radical (unpaired) electrons.